The molecule has 0 saturated carbocycles. The van der Waals surface area contributed by atoms with E-state index in [1.54, 1.807) is 0 Å². The Bertz CT molecular complexity index is 576. The highest BCUT2D eigenvalue weighted by molar-refractivity contribution is 9.10. The van der Waals surface area contributed by atoms with E-state index in [1.807, 2.05) is 29.6 Å². The molecule has 0 atom stereocenters. The van der Waals surface area contributed by atoms with Crippen molar-refractivity contribution in [1.82, 2.24) is 10.3 Å². The van der Waals surface area contributed by atoms with Crippen LogP contribution in [-0.2, 0) is 11.3 Å². The summed E-state index contributed by atoms with van der Waals surface area (Å²) in [6.07, 6.45) is 0. The lowest BCUT2D eigenvalue weighted by atomic mass is 10.2. The second kappa shape index (κ2) is 7.00. The van der Waals surface area contributed by atoms with Gasteiger partial charge in [0.1, 0.15) is 4.60 Å². The number of rotatable bonds is 5. The van der Waals surface area contributed by atoms with Crippen molar-refractivity contribution in [3.05, 3.63) is 44.8 Å². The maximum absolute atomic E-state index is 11.6. The van der Waals surface area contributed by atoms with E-state index < -0.39 is 0 Å². The Morgan fingerprint density at radius 3 is 2.89 bits per heavy atom. The van der Waals surface area contributed by atoms with Crippen LogP contribution in [0.15, 0.2) is 34.2 Å². The summed E-state index contributed by atoms with van der Waals surface area (Å²) in [6, 6.07) is 7.53. The largest absolute Gasteiger partial charge is 0.304 e. The van der Waals surface area contributed by atoms with Gasteiger partial charge in [-0.2, -0.15) is 0 Å². The summed E-state index contributed by atoms with van der Waals surface area (Å²) in [7, 11) is 0. The fourth-order valence-electron chi connectivity index (χ4n) is 1.43. The minimum Gasteiger partial charge on any atom is -0.304 e. The van der Waals surface area contributed by atoms with E-state index in [-0.39, 0.29) is 12.5 Å². The van der Waals surface area contributed by atoms with Gasteiger partial charge in [0.25, 0.3) is 0 Å². The third-order valence-electron chi connectivity index (χ3n) is 2.28. The summed E-state index contributed by atoms with van der Waals surface area (Å²) in [6.45, 7) is 0.761. The zero-order valence-corrected chi connectivity index (χ0v) is 13.0. The fourth-order valence-corrected chi connectivity index (χ4v) is 2.79. The molecule has 1 aromatic heterocycles. The summed E-state index contributed by atoms with van der Waals surface area (Å²) in [5.41, 5.74) is 0.967. The molecule has 0 fully saturated rings. The topological polar surface area (TPSA) is 54.0 Å². The van der Waals surface area contributed by atoms with Crippen molar-refractivity contribution < 1.29 is 4.79 Å². The number of halogens is 2. The molecule has 2 aromatic rings. The smallest absolute Gasteiger partial charge is 0.240 e. The van der Waals surface area contributed by atoms with Gasteiger partial charge in [-0.05, 0) is 27.6 Å². The SMILES string of the molecule is O=C(CNCc1ccccc1Cl)Nc1nc(Br)cs1. The Labute approximate surface area is 128 Å². The minimum absolute atomic E-state index is 0.131. The van der Waals surface area contributed by atoms with Crippen molar-refractivity contribution in [3.8, 4) is 0 Å². The maximum Gasteiger partial charge on any atom is 0.240 e. The number of benzene rings is 1. The van der Waals surface area contributed by atoms with Crippen LogP contribution in [0.1, 0.15) is 5.56 Å². The number of nitrogens with zero attached hydrogens (tertiary/aromatic N) is 1. The van der Waals surface area contributed by atoms with E-state index in [2.05, 4.69) is 31.5 Å². The molecule has 4 nitrogen and oxygen atoms in total. The Morgan fingerprint density at radius 2 is 2.21 bits per heavy atom. The first-order chi connectivity index (χ1) is 9.15. The predicted octanol–water partition coefficient (Wildman–Crippen LogP) is 3.29. The van der Waals surface area contributed by atoms with Crippen LogP contribution in [-0.4, -0.2) is 17.4 Å². The van der Waals surface area contributed by atoms with Crippen molar-refractivity contribution >= 4 is 49.9 Å². The van der Waals surface area contributed by atoms with Gasteiger partial charge in [-0.1, -0.05) is 29.8 Å². The zero-order chi connectivity index (χ0) is 13.7. The highest BCUT2D eigenvalue weighted by atomic mass is 79.9. The Balaban J connectivity index is 1.77. The Hall–Kier alpha value is -0.950. The van der Waals surface area contributed by atoms with Gasteiger partial charge in [0.15, 0.2) is 5.13 Å². The summed E-state index contributed by atoms with van der Waals surface area (Å²) in [5.74, 6) is -0.131. The van der Waals surface area contributed by atoms with E-state index in [0.717, 1.165) is 10.2 Å². The molecule has 0 aliphatic rings. The van der Waals surface area contributed by atoms with E-state index in [1.165, 1.54) is 11.3 Å². The van der Waals surface area contributed by atoms with Crippen molar-refractivity contribution in [2.75, 3.05) is 11.9 Å². The number of nitrogens with one attached hydrogen (secondary N) is 2. The summed E-state index contributed by atoms with van der Waals surface area (Å²) in [5, 5.41) is 8.83. The third kappa shape index (κ3) is 4.58. The van der Waals surface area contributed by atoms with E-state index >= 15 is 0 Å². The van der Waals surface area contributed by atoms with Gasteiger partial charge in [-0.3, -0.25) is 4.79 Å². The molecule has 2 rings (SSSR count). The first-order valence-corrected chi connectivity index (χ1v) is 7.55. The van der Waals surface area contributed by atoms with Crippen molar-refractivity contribution in [2.24, 2.45) is 0 Å². The number of aromatic nitrogens is 1. The van der Waals surface area contributed by atoms with E-state index in [9.17, 15) is 4.79 Å². The lowest BCUT2D eigenvalue weighted by Gasteiger charge is -2.06. The first kappa shape index (κ1) is 14.5. The number of amides is 1. The number of anilines is 1. The number of hydrogen-bond donors (Lipinski definition) is 2. The average Bonchev–Trinajstić information content (AvgIpc) is 2.77. The molecule has 2 N–H and O–H groups in total. The zero-order valence-electron chi connectivity index (χ0n) is 9.82. The quantitative estimate of drug-likeness (QED) is 0.860. The van der Waals surface area contributed by atoms with Crippen molar-refractivity contribution in [1.29, 1.82) is 0 Å². The monoisotopic (exact) mass is 359 g/mol. The van der Waals surface area contributed by atoms with Crippen LogP contribution in [0.4, 0.5) is 5.13 Å². The number of carbonyl (C=O) groups is 1. The molecule has 7 heteroatoms. The summed E-state index contributed by atoms with van der Waals surface area (Å²) >= 11 is 10.6. The van der Waals surface area contributed by atoms with Crippen LogP contribution in [0.25, 0.3) is 0 Å². The van der Waals surface area contributed by atoms with Gasteiger partial charge in [0.2, 0.25) is 5.91 Å². The van der Waals surface area contributed by atoms with Crippen LogP contribution in [0.5, 0.6) is 0 Å². The number of thiazole rings is 1. The highest BCUT2D eigenvalue weighted by Gasteiger charge is 2.05. The van der Waals surface area contributed by atoms with Gasteiger partial charge in [-0.25, -0.2) is 4.98 Å². The first-order valence-electron chi connectivity index (χ1n) is 5.50. The molecule has 0 saturated heterocycles. The van der Waals surface area contributed by atoms with Gasteiger partial charge < -0.3 is 10.6 Å². The molecular formula is C12H11BrClN3OS. The van der Waals surface area contributed by atoms with Gasteiger partial charge in [0, 0.05) is 16.9 Å². The Kier molecular flexibility index (Phi) is 5.33. The lowest BCUT2D eigenvalue weighted by Crippen LogP contribution is -2.27. The van der Waals surface area contributed by atoms with Crippen LogP contribution < -0.4 is 10.6 Å². The second-order valence-electron chi connectivity index (χ2n) is 3.72. The normalized spacial score (nSPS) is 10.4. The van der Waals surface area contributed by atoms with Crippen LogP contribution in [0, 0.1) is 0 Å². The molecule has 0 spiro atoms. The van der Waals surface area contributed by atoms with E-state index in [4.69, 9.17) is 11.6 Å². The summed E-state index contributed by atoms with van der Waals surface area (Å²) in [4.78, 5) is 15.7. The maximum atomic E-state index is 11.6. The molecule has 0 radical (unpaired) electrons. The van der Waals surface area contributed by atoms with E-state index in [0.29, 0.717) is 16.7 Å². The molecule has 0 aliphatic heterocycles. The molecule has 0 aliphatic carbocycles. The molecule has 1 aromatic carbocycles. The lowest BCUT2D eigenvalue weighted by molar-refractivity contribution is -0.115. The van der Waals surface area contributed by atoms with Crippen molar-refractivity contribution in [2.45, 2.75) is 6.54 Å². The van der Waals surface area contributed by atoms with Crippen LogP contribution >= 0.6 is 38.9 Å². The fraction of sp³-hybridized carbons (Fsp3) is 0.167. The number of hydrogen-bond acceptors (Lipinski definition) is 4. The van der Waals surface area contributed by atoms with Gasteiger partial charge >= 0.3 is 0 Å². The van der Waals surface area contributed by atoms with Crippen molar-refractivity contribution in [3.63, 3.8) is 0 Å². The molecule has 1 amide bonds. The third-order valence-corrected chi connectivity index (χ3v) is 4.12. The predicted molar refractivity (Wildman–Crippen MR) is 81.6 cm³/mol. The Morgan fingerprint density at radius 1 is 1.42 bits per heavy atom. The molecule has 0 unspecified atom stereocenters. The molecule has 19 heavy (non-hydrogen) atoms. The number of carbonyl (C=O) groups excluding carboxylic acids is 1. The standard InChI is InChI=1S/C12H11BrClN3OS/c13-10-7-19-12(16-10)17-11(18)6-15-5-8-3-1-2-4-9(8)14/h1-4,7,15H,5-6H2,(H,16,17,18). The van der Waals surface area contributed by atoms with Crippen LogP contribution in [0.3, 0.4) is 0 Å². The summed E-state index contributed by atoms with van der Waals surface area (Å²) < 4.78 is 0.719. The van der Waals surface area contributed by atoms with Gasteiger partial charge in [-0.15, -0.1) is 11.3 Å². The van der Waals surface area contributed by atoms with Crippen LogP contribution in [0.2, 0.25) is 5.02 Å². The van der Waals surface area contributed by atoms with Gasteiger partial charge in [0.05, 0.1) is 6.54 Å². The highest BCUT2D eigenvalue weighted by Crippen LogP contribution is 2.19. The molecule has 0 bridgehead atoms. The average molecular weight is 361 g/mol. The molecule has 1 heterocycles. The molecule has 100 valence electrons. The minimum atomic E-state index is -0.131. The second-order valence-corrected chi connectivity index (χ2v) is 5.80. The molecular weight excluding hydrogens is 350 g/mol.